The van der Waals surface area contributed by atoms with Crippen LogP contribution in [0.1, 0.15) is 10.4 Å². The predicted molar refractivity (Wildman–Crippen MR) is 72.5 cm³/mol. The summed E-state index contributed by atoms with van der Waals surface area (Å²) in [4.78, 5) is 10.9. The van der Waals surface area contributed by atoms with E-state index in [1.807, 2.05) is 0 Å². The molecule has 19 heavy (non-hydrogen) atoms. The fourth-order valence-corrected chi connectivity index (χ4v) is 2.73. The molecule has 8 heteroatoms. The Kier molecular flexibility index (Phi) is 6.68. The Balaban J connectivity index is 0.00000324. The molecule has 0 aliphatic heterocycles. The number of primary amides is 1. The minimum atomic E-state index is -3.74. The molecule has 0 heterocycles. The molecule has 0 aliphatic carbocycles. The predicted octanol–water partition coefficient (Wildman–Crippen LogP) is 0.793. The summed E-state index contributed by atoms with van der Waals surface area (Å²) in [5.41, 5.74) is 10.3. The number of sulfone groups is 1. The molecule has 0 atom stereocenters. The SMILES string of the molecule is Cl.NC/C(=C\F)CS(=O)(=O)c1cccc(C(N)=O)c1. The van der Waals surface area contributed by atoms with Gasteiger partial charge in [-0.3, -0.25) is 4.79 Å². The third kappa shape index (κ3) is 4.62. The van der Waals surface area contributed by atoms with Crippen LogP contribution in [-0.2, 0) is 9.84 Å². The van der Waals surface area contributed by atoms with E-state index < -0.39 is 21.5 Å². The zero-order valence-corrected chi connectivity index (χ0v) is 11.5. The van der Waals surface area contributed by atoms with E-state index >= 15 is 0 Å². The number of amides is 1. The molecular weight excluding hydrogens is 295 g/mol. The van der Waals surface area contributed by atoms with Crippen LogP contribution >= 0.6 is 12.4 Å². The van der Waals surface area contributed by atoms with Crippen molar-refractivity contribution < 1.29 is 17.6 Å². The molecule has 0 saturated heterocycles. The first kappa shape index (κ1) is 17.6. The molecule has 1 amide bonds. The standard InChI is InChI=1S/C11H13FN2O3S.ClH/c12-5-8(6-13)7-18(16,17)10-3-1-2-9(4-10)11(14)15;/h1-5H,6-7,13H2,(H2,14,15);1H/b8-5+;. The average Bonchev–Trinajstić information content (AvgIpc) is 2.36. The maximum absolute atomic E-state index is 12.3. The molecule has 5 nitrogen and oxygen atoms in total. The average molecular weight is 309 g/mol. The molecule has 0 aromatic heterocycles. The summed E-state index contributed by atoms with van der Waals surface area (Å²) in [5, 5.41) is 0. The second-order valence-electron chi connectivity index (χ2n) is 3.62. The lowest BCUT2D eigenvalue weighted by molar-refractivity contribution is 0.1000. The number of hydrogen-bond acceptors (Lipinski definition) is 4. The Morgan fingerprint density at radius 3 is 2.47 bits per heavy atom. The van der Waals surface area contributed by atoms with Crippen LogP contribution in [0, 0.1) is 0 Å². The number of halogens is 2. The van der Waals surface area contributed by atoms with Crippen molar-refractivity contribution in [1.29, 1.82) is 0 Å². The van der Waals surface area contributed by atoms with Gasteiger partial charge in [0.25, 0.3) is 0 Å². The molecule has 0 saturated carbocycles. The zero-order valence-electron chi connectivity index (χ0n) is 9.87. The van der Waals surface area contributed by atoms with Crippen molar-refractivity contribution in [2.45, 2.75) is 4.90 Å². The molecule has 0 bridgehead atoms. The van der Waals surface area contributed by atoms with Crippen LogP contribution in [0.3, 0.4) is 0 Å². The van der Waals surface area contributed by atoms with Crippen LogP contribution in [0.2, 0.25) is 0 Å². The highest BCUT2D eigenvalue weighted by molar-refractivity contribution is 7.91. The number of benzene rings is 1. The van der Waals surface area contributed by atoms with Crippen LogP contribution in [0.25, 0.3) is 0 Å². The molecular formula is C11H14ClFN2O3S. The van der Waals surface area contributed by atoms with Crippen LogP contribution in [-0.4, -0.2) is 26.6 Å². The number of carbonyl (C=O) groups excluding carboxylic acids is 1. The van der Waals surface area contributed by atoms with E-state index in [1.165, 1.54) is 18.2 Å². The summed E-state index contributed by atoms with van der Waals surface area (Å²) in [6, 6.07) is 5.27. The molecule has 106 valence electrons. The first-order valence-corrected chi connectivity index (χ1v) is 6.66. The molecule has 0 aliphatic rings. The van der Waals surface area contributed by atoms with Gasteiger partial charge < -0.3 is 11.5 Å². The maximum Gasteiger partial charge on any atom is 0.248 e. The van der Waals surface area contributed by atoms with Crippen molar-refractivity contribution in [3.63, 3.8) is 0 Å². The van der Waals surface area contributed by atoms with Crippen molar-refractivity contribution in [2.75, 3.05) is 12.3 Å². The van der Waals surface area contributed by atoms with E-state index in [0.29, 0.717) is 0 Å². The van der Waals surface area contributed by atoms with Crippen LogP contribution in [0.4, 0.5) is 4.39 Å². The Hall–Kier alpha value is -1.44. The van der Waals surface area contributed by atoms with Crippen LogP contribution in [0.5, 0.6) is 0 Å². The number of nitrogens with two attached hydrogens (primary N) is 2. The van der Waals surface area contributed by atoms with E-state index in [9.17, 15) is 17.6 Å². The van der Waals surface area contributed by atoms with Gasteiger partial charge in [0.1, 0.15) is 0 Å². The van der Waals surface area contributed by atoms with Crippen molar-refractivity contribution in [2.24, 2.45) is 11.5 Å². The van der Waals surface area contributed by atoms with Gasteiger partial charge in [-0.15, -0.1) is 12.4 Å². The Labute approximate surface area is 116 Å². The molecule has 0 fully saturated rings. The van der Waals surface area contributed by atoms with Crippen LogP contribution < -0.4 is 11.5 Å². The smallest absolute Gasteiger partial charge is 0.248 e. The molecule has 4 N–H and O–H groups in total. The van der Waals surface area contributed by atoms with Gasteiger partial charge in [-0.25, -0.2) is 12.8 Å². The fourth-order valence-electron chi connectivity index (χ4n) is 1.31. The zero-order chi connectivity index (χ0) is 13.8. The Morgan fingerprint density at radius 1 is 1.37 bits per heavy atom. The largest absolute Gasteiger partial charge is 0.366 e. The highest BCUT2D eigenvalue weighted by Gasteiger charge is 2.17. The lowest BCUT2D eigenvalue weighted by Gasteiger charge is -2.06. The molecule has 1 rings (SSSR count). The van der Waals surface area contributed by atoms with Crippen molar-refractivity contribution in [3.8, 4) is 0 Å². The monoisotopic (exact) mass is 308 g/mol. The van der Waals surface area contributed by atoms with E-state index in [1.54, 1.807) is 0 Å². The summed E-state index contributed by atoms with van der Waals surface area (Å²) in [6.45, 7) is -0.189. The van der Waals surface area contributed by atoms with E-state index in [-0.39, 0.29) is 41.3 Å². The third-order valence-electron chi connectivity index (χ3n) is 2.27. The van der Waals surface area contributed by atoms with Gasteiger partial charge in [0.15, 0.2) is 9.84 Å². The van der Waals surface area contributed by atoms with Gasteiger partial charge in [0.2, 0.25) is 5.91 Å². The minimum absolute atomic E-state index is 0. The molecule has 1 aromatic rings. The Morgan fingerprint density at radius 2 is 2.00 bits per heavy atom. The summed E-state index contributed by atoms with van der Waals surface area (Å²) < 4.78 is 36.2. The van der Waals surface area contributed by atoms with Gasteiger partial charge in [0, 0.05) is 12.1 Å². The number of carbonyl (C=O) groups is 1. The summed E-state index contributed by atoms with van der Waals surface area (Å²) in [7, 11) is -3.74. The van der Waals surface area contributed by atoms with E-state index in [4.69, 9.17) is 11.5 Å². The Bertz CT molecular complexity index is 587. The molecule has 0 spiro atoms. The maximum atomic E-state index is 12.3. The molecule has 1 aromatic carbocycles. The van der Waals surface area contributed by atoms with Gasteiger partial charge in [0.05, 0.1) is 17.0 Å². The minimum Gasteiger partial charge on any atom is -0.366 e. The lowest BCUT2D eigenvalue weighted by Crippen LogP contribution is -2.16. The number of rotatable bonds is 5. The summed E-state index contributed by atoms with van der Waals surface area (Å²) in [5.74, 6) is -1.26. The summed E-state index contributed by atoms with van der Waals surface area (Å²) >= 11 is 0. The second kappa shape index (κ2) is 7.22. The van der Waals surface area contributed by atoms with Gasteiger partial charge in [-0.2, -0.15) is 0 Å². The highest BCUT2D eigenvalue weighted by atomic mass is 35.5. The van der Waals surface area contributed by atoms with Gasteiger partial charge >= 0.3 is 0 Å². The van der Waals surface area contributed by atoms with Crippen molar-refractivity contribution in [3.05, 3.63) is 41.7 Å². The molecule has 0 radical (unpaired) electrons. The number of hydrogen-bond donors (Lipinski definition) is 2. The van der Waals surface area contributed by atoms with Crippen LogP contribution in [0.15, 0.2) is 41.1 Å². The van der Waals surface area contributed by atoms with Gasteiger partial charge in [-0.1, -0.05) is 6.07 Å². The van der Waals surface area contributed by atoms with Crippen molar-refractivity contribution in [1.82, 2.24) is 0 Å². The van der Waals surface area contributed by atoms with Crippen molar-refractivity contribution >= 4 is 28.2 Å². The first-order valence-electron chi connectivity index (χ1n) is 5.01. The van der Waals surface area contributed by atoms with E-state index in [0.717, 1.165) is 6.07 Å². The highest BCUT2D eigenvalue weighted by Crippen LogP contribution is 2.15. The van der Waals surface area contributed by atoms with E-state index in [2.05, 4.69) is 0 Å². The summed E-state index contributed by atoms with van der Waals surface area (Å²) in [6.07, 6.45) is 0.176. The topological polar surface area (TPSA) is 103 Å². The normalized spacial score (nSPS) is 11.8. The quantitative estimate of drug-likeness (QED) is 0.839. The molecule has 0 unspecified atom stereocenters. The first-order chi connectivity index (χ1) is 8.40. The fraction of sp³-hybridized carbons (Fsp3) is 0.182. The third-order valence-corrected chi connectivity index (χ3v) is 3.99. The lowest BCUT2D eigenvalue weighted by atomic mass is 10.2. The van der Waals surface area contributed by atoms with Gasteiger partial charge in [-0.05, 0) is 23.8 Å². The second-order valence-corrected chi connectivity index (χ2v) is 5.61.